The summed E-state index contributed by atoms with van der Waals surface area (Å²) >= 11 is 0. The summed E-state index contributed by atoms with van der Waals surface area (Å²) in [4.78, 5) is 29.1. The molecular weight excluding hydrogens is 438 g/mol. The second-order valence-electron chi connectivity index (χ2n) is 9.20. The highest BCUT2D eigenvalue weighted by Gasteiger charge is 2.21. The fourth-order valence-corrected chi connectivity index (χ4v) is 4.77. The number of benzene rings is 2. The number of nitrogens with one attached hydrogen (secondary N) is 1. The number of ether oxygens (including phenoxy) is 1. The number of pyridine rings is 2. The molecule has 0 unspecified atom stereocenters. The number of fused-ring (bicyclic) bond motifs is 1. The van der Waals surface area contributed by atoms with Crippen LogP contribution >= 0.6 is 0 Å². The van der Waals surface area contributed by atoms with Crippen LogP contribution in [-0.4, -0.2) is 27.3 Å². The maximum atomic E-state index is 13.1. The monoisotopic (exact) mass is 463 g/mol. The van der Waals surface area contributed by atoms with E-state index in [9.17, 15) is 9.59 Å². The number of nitrogens with zero attached hydrogens (tertiary/aromatic N) is 2. The van der Waals surface area contributed by atoms with Crippen molar-refractivity contribution in [1.29, 1.82) is 0 Å². The van der Waals surface area contributed by atoms with Gasteiger partial charge in [-0.3, -0.25) is 9.59 Å². The second-order valence-corrected chi connectivity index (χ2v) is 9.20. The Morgan fingerprint density at radius 2 is 1.51 bits per heavy atom. The molecular formula is C29H25N3O3. The molecule has 0 aliphatic carbocycles. The third-order valence-corrected chi connectivity index (χ3v) is 6.90. The average Bonchev–Trinajstić information content (AvgIpc) is 3.29. The van der Waals surface area contributed by atoms with Gasteiger partial charge in [0.25, 0.3) is 11.1 Å². The van der Waals surface area contributed by atoms with Crippen LogP contribution in [0, 0.1) is 0 Å². The third-order valence-electron chi connectivity index (χ3n) is 6.90. The Hall–Kier alpha value is -4.16. The molecule has 5 aromatic rings. The first kappa shape index (κ1) is 21.4. The van der Waals surface area contributed by atoms with Crippen LogP contribution in [0.15, 0.2) is 88.7 Å². The molecule has 0 atom stereocenters. The van der Waals surface area contributed by atoms with Gasteiger partial charge in [-0.1, -0.05) is 54.6 Å². The Morgan fingerprint density at radius 3 is 2.20 bits per heavy atom. The molecule has 0 spiro atoms. The quantitative estimate of drug-likeness (QED) is 0.421. The van der Waals surface area contributed by atoms with Gasteiger partial charge in [-0.15, -0.1) is 0 Å². The lowest BCUT2D eigenvalue weighted by Crippen LogP contribution is -2.24. The first-order valence-corrected chi connectivity index (χ1v) is 11.7. The third kappa shape index (κ3) is 3.63. The highest BCUT2D eigenvalue weighted by Crippen LogP contribution is 2.36. The smallest absolute Gasteiger partial charge is 0.274 e. The van der Waals surface area contributed by atoms with E-state index in [0.717, 1.165) is 52.1 Å². The van der Waals surface area contributed by atoms with Gasteiger partial charge in [0.05, 0.1) is 13.2 Å². The second kappa shape index (κ2) is 8.25. The Morgan fingerprint density at radius 1 is 0.800 bits per heavy atom. The van der Waals surface area contributed by atoms with Crippen molar-refractivity contribution in [3.8, 4) is 33.5 Å². The molecule has 6 nitrogen and oxygen atoms in total. The van der Waals surface area contributed by atoms with Crippen molar-refractivity contribution in [2.75, 3.05) is 13.2 Å². The molecule has 1 aliphatic heterocycles. The minimum atomic E-state index is -0.108. The van der Waals surface area contributed by atoms with E-state index < -0.39 is 0 Å². The van der Waals surface area contributed by atoms with E-state index in [1.54, 1.807) is 29.3 Å². The zero-order chi connectivity index (χ0) is 24.1. The molecule has 1 saturated heterocycles. The molecule has 0 amide bonds. The van der Waals surface area contributed by atoms with E-state index in [1.165, 1.54) is 5.56 Å². The van der Waals surface area contributed by atoms with Crippen LogP contribution < -0.4 is 11.1 Å². The molecule has 0 radical (unpaired) electrons. The van der Waals surface area contributed by atoms with Crippen molar-refractivity contribution in [3.05, 3.63) is 105 Å². The Bertz CT molecular complexity index is 1670. The van der Waals surface area contributed by atoms with Crippen LogP contribution in [-0.2, 0) is 18.8 Å². The van der Waals surface area contributed by atoms with E-state index in [4.69, 9.17) is 4.74 Å². The SMILES string of the molecule is Cn1cc(-c2ccccc2)c(-c2cn(C)c(=O)c3[nH]c(-c4ccc(C5COC5)cc4)cc23)cc1=O. The van der Waals surface area contributed by atoms with Gasteiger partial charge in [0.1, 0.15) is 5.52 Å². The summed E-state index contributed by atoms with van der Waals surface area (Å²) in [5.74, 6) is 0.461. The molecule has 2 aromatic carbocycles. The molecule has 1 aliphatic rings. The summed E-state index contributed by atoms with van der Waals surface area (Å²) in [5.41, 5.74) is 7.02. The van der Waals surface area contributed by atoms with Gasteiger partial charge in [0.2, 0.25) is 0 Å². The van der Waals surface area contributed by atoms with Gasteiger partial charge in [-0.2, -0.15) is 0 Å². The predicted octanol–water partition coefficient (Wildman–Crippen LogP) is 4.68. The van der Waals surface area contributed by atoms with Gasteiger partial charge in [0.15, 0.2) is 0 Å². The van der Waals surface area contributed by atoms with Crippen LogP contribution in [0.3, 0.4) is 0 Å². The van der Waals surface area contributed by atoms with Gasteiger partial charge in [-0.05, 0) is 28.3 Å². The van der Waals surface area contributed by atoms with Gasteiger partial charge >= 0.3 is 0 Å². The number of H-pyrrole nitrogens is 1. The lowest BCUT2D eigenvalue weighted by atomic mass is 9.95. The van der Waals surface area contributed by atoms with Crippen molar-refractivity contribution in [1.82, 2.24) is 14.1 Å². The van der Waals surface area contributed by atoms with Crippen molar-refractivity contribution in [2.45, 2.75) is 5.92 Å². The van der Waals surface area contributed by atoms with E-state index >= 15 is 0 Å². The lowest BCUT2D eigenvalue weighted by Gasteiger charge is -2.26. The number of aryl methyl sites for hydroxylation is 2. The van der Waals surface area contributed by atoms with Crippen molar-refractivity contribution < 1.29 is 4.74 Å². The maximum Gasteiger partial charge on any atom is 0.274 e. The highest BCUT2D eigenvalue weighted by atomic mass is 16.5. The van der Waals surface area contributed by atoms with E-state index in [0.29, 0.717) is 11.4 Å². The molecule has 3 aromatic heterocycles. The molecule has 0 saturated carbocycles. The minimum absolute atomic E-state index is 0.104. The van der Waals surface area contributed by atoms with Crippen molar-refractivity contribution in [3.63, 3.8) is 0 Å². The molecule has 6 heteroatoms. The average molecular weight is 464 g/mol. The molecule has 1 fully saturated rings. The molecule has 6 rings (SSSR count). The summed E-state index contributed by atoms with van der Waals surface area (Å²) < 4.78 is 8.47. The topological polar surface area (TPSA) is 69.0 Å². The molecule has 35 heavy (non-hydrogen) atoms. The lowest BCUT2D eigenvalue weighted by molar-refractivity contribution is 0.00843. The summed E-state index contributed by atoms with van der Waals surface area (Å²) in [6.07, 6.45) is 3.68. The molecule has 0 bridgehead atoms. The largest absolute Gasteiger partial charge is 0.380 e. The summed E-state index contributed by atoms with van der Waals surface area (Å²) in [7, 11) is 3.49. The number of hydrogen-bond acceptors (Lipinski definition) is 3. The zero-order valence-electron chi connectivity index (χ0n) is 19.6. The van der Waals surface area contributed by atoms with Gasteiger partial charge in [0, 0.05) is 60.7 Å². The molecule has 174 valence electrons. The fraction of sp³-hybridized carbons (Fsp3) is 0.172. The van der Waals surface area contributed by atoms with E-state index in [-0.39, 0.29) is 11.1 Å². The standard InChI is InChI=1S/C29H25N3O3/c1-31-14-24(19-6-4-3-5-7-19)22(13-27(31)33)25-15-32(2)29(34)28-23(25)12-26(30-28)20-10-8-18(9-11-20)21-16-35-17-21/h3-15,21,30H,16-17H2,1-2H3. The first-order chi connectivity index (χ1) is 17.0. The highest BCUT2D eigenvalue weighted by molar-refractivity contribution is 6.00. The Labute approximate surface area is 202 Å². The number of hydrogen-bond donors (Lipinski definition) is 1. The van der Waals surface area contributed by atoms with E-state index in [2.05, 4.69) is 29.2 Å². The fourth-order valence-electron chi connectivity index (χ4n) is 4.77. The summed E-state index contributed by atoms with van der Waals surface area (Å²) in [6.45, 7) is 1.54. The summed E-state index contributed by atoms with van der Waals surface area (Å²) in [6, 6.07) is 22.1. The normalized spacial score (nSPS) is 13.8. The minimum Gasteiger partial charge on any atom is -0.380 e. The number of rotatable bonds is 4. The number of aromatic nitrogens is 3. The predicted molar refractivity (Wildman–Crippen MR) is 139 cm³/mol. The van der Waals surface area contributed by atoms with Crippen LogP contribution in [0.25, 0.3) is 44.4 Å². The van der Waals surface area contributed by atoms with Crippen LogP contribution in [0.1, 0.15) is 11.5 Å². The molecule has 1 N–H and O–H groups in total. The van der Waals surface area contributed by atoms with Crippen molar-refractivity contribution in [2.24, 2.45) is 14.1 Å². The first-order valence-electron chi connectivity index (χ1n) is 11.7. The molecule has 4 heterocycles. The Kier molecular flexibility index (Phi) is 5.04. The maximum absolute atomic E-state index is 13.1. The van der Waals surface area contributed by atoms with Crippen LogP contribution in [0.5, 0.6) is 0 Å². The van der Waals surface area contributed by atoms with Crippen molar-refractivity contribution >= 4 is 10.9 Å². The Balaban J connectivity index is 1.56. The van der Waals surface area contributed by atoms with E-state index in [1.807, 2.05) is 48.8 Å². The summed E-state index contributed by atoms with van der Waals surface area (Å²) in [5, 5.41) is 0.796. The van der Waals surface area contributed by atoms with Gasteiger partial charge < -0.3 is 18.9 Å². The zero-order valence-corrected chi connectivity index (χ0v) is 19.6. The van der Waals surface area contributed by atoms with Gasteiger partial charge in [-0.25, -0.2) is 0 Å². The number of aromatic amines is 1. The van der Waals surface area contributed by atoms with Crippen LogP contribution in [0.4, 0.5) is 0 Å². The van der Waals surface area contributed by atoms with Crippen LogP contribution in [0.2, 0.25) is 0 Å².